The van der Waals surface area contributed by atoms with Gasteiger partial charge in [0.25, 0.3) is 15.9 Å². The highest BCUT2D eigenvalue weighted by Crippen LogP contribution is 2.24. The Hall–Kier alpha value is -2.34. The van der Waals surface area contributed by atoms with Gasteiger partial charge in [0, 0.05) is 18.7 Å². The van der Waals surface area contributed by atoms with Gasteiger partial charge in [-0.3, -0.25) is 9.52 Å². The molecule has 2 aromatic rings. The van der Waals surface area contributed by atoms with E-state index >= 15 is 0 Å². The number of rotatable bonds is 4. The van der Waals surface area contributed by atoms with Crippen molar-refractivity contribution in [3.63, 3.8) is 0 Å². The maximum Gasteiger partial charge on any atom is 0.261 e. The van der Waals surface area contributed by atoms with E-state index in [0.717, 1.165) is 42.6 Å². The average Bonchev–Trinajstić information content (AvgIpc) is 3.12. The fourth-order valence-corrected chi connectivity index (χ4v) is 4.29. The molecule has 0 bridgehead atoms. The summed E-state index contributed by atoms with van der Waals surface area (Å²) >= 11 is 0. The number of carbonyl (C=O) groups is 1. The predicted octanol–water partition coefficient (Wildman–Crippen LogP) is 3.65. The zero-order valence-electron chi connectivity index (χ0n) is 15.4. The second kappa shape index (κ2) is 7.11. The molecule has 138 valence electrons. The minimum atomic E-state index is -3.77. The lowest BCUT2D eigenvalue weighted by Crippen LogP contribution is -2.28. The number of hydrogen-bond acceptors (Lipinski definition) is 3. The van der Waals surface area contributed by atoms with E-state index in [2.05, 4.69) is 4.72 Å². The highest BCUT2D eigenvalue weighted by atomic mass is 32.2. The van der Waals surface area contributed by atoms with Crippen LogP contribution in [-0.4, -0.2) is 32.3 Å². The highest BCUT2D eigenvalue weighted by molar-refractivity contribution is 7.92. The molecule has 3 rings (SSSR count). The van der Waals surface area contributed by atoms with Crippen molar-refractivity contribution in [1.82, 2.24) is 4.90 Å². The Morgan fingerprint density at radius 1 is 0.962 bits per heavy atom. The molecule has 1 saturated heterocycles. The summed E-state index contributed by atoms with van der Waals surface area (Å²) < 4.78 is 28.3. The highest BCUT2D eigenvalue weighted by Gasteiger charge is 2.23. The zero-order valence-corrected chi connectivity index (χ0v) is 16.2. The maximum atomic E-state index is 12.8. The molecule has 1 heterocycles. The standard InChI is InChI=1S/C20H24N2O3S/c1-14-6-7-16(3)19(12-14)21-26(24,25)17-9-8-15(2)18(13-17)20(23)22-10-4-5-11-22/h6-9,12-13,21H,4-5,10-11H2,1-3H3. The van der Waals surface area contributed by atoms with Crippen LogP contribution in [0.25, 0.3) is 0 Å². The topological polar surface area (TPSA) is 66.5 Å². The molecular formula is C20H24N2O3S. The Balaban J connectivity index is 1.94. The number of hydrogen-bond donors (Lipinski definition) is 1. The maximum absolute atomic E-state index is 12.8. The number of amides is 1. The lowest BCUT2D eigenvalue weighted by Gasteiger charge is -2.18. The van der Waals surface area contributed by atoms with Crippen LogP contribution in [0.2, 0.25) is 0 Å². The van der Waals surface area contributed by atoms with Crippen molar-refractivity contribution in [2.75, 3.05) is 17.8 Å². The summed E-state index contributed by atoms with van der Waals surface area (Å²) in [5.41, 5.74) is 3.61. The molecule has 1 amide bonds. The van der Waals surface area contributed by atoms with Gasteiger partial charge in [0.05, 0.1) is 10.6 Å². The first-order valence-corrected chi connectivity index (χ1v) is 10.3. The molecule has 26 heavy (non-hydrogen) atoms. The van der Waals surface area contributed by atoms with E-state index in [1.165, 1.54) is 6.07 Å². The SMILES string of the molecule is Cc1ccc(C)c(NS(=O)(=O)c2ccc(C)c(C(=O)N3CCCC3)c2)c1. The van der Waals surface area contributed by atoms with E-state index in [9.17, 15) is 13.2 Å². The van der Waals surface area contributed by atoms with Gasteiger partial charge in [0.2, 0.25) is 0 Å². The van der Waals surface area contributed by atoms with Gasteiger partial charge in [0.15, 0.2) is 0 Å². The Labute approximate surface area is 155 Å². The molecule has 1 aliphatic rings. The summed E-state index contributed by atoms with van der Waals surface area (Å²) in [6, 6.07) is 10.3. The summed E-state index contributed by atoms with van der Waals surface area (Å²) in [5.74, 6) is -0.0937. The Morgan fingerprint density at radius 2 is 1.62 bits per heavy atom. The van der Waals surface area contributed by atoms with Gasteiger partial charge >= 0.3 is 0 Å². The van der Waals surface area contributed by atoms with Crippen molar-refractivity contribution in [3.8, 4) is 0 Å². The summed E-state index contributed by atoms with van der Waals surface area (Å²) in [6.45, 7) is 7.06. The van der Waals surface area contributed by atoms with Crippen LogP contribution in [0.4, 0.5) is 5.69 Å². The van der Waals surface area contributed by atoms with Crippen LogP contribution >= 0.6 is 0 Å². The van der Waals surface area contributed by atoms with Gasteiger partial charge in [-0.1, -0.05) is 18.2 Å². The summed E-state index contributed by atoms with van der Waals surface area (Å²) in [4.78, 5) is 14.6. The van der Waals surface area contributed by atoms with Gasteiger partial charge in [0.1, 0.15) is 0 Å². The van der Waals surface area contributed by atoms with E-state index in [0.29, 0.717) is 11.3 Å². The molecule has 1 aliphatic heterocycles. The number of carbonyl (C=O) groups excluding carboxylic acids is 1. The predicted molar refractivity (Wildman–Crippen MR) is 103 cm³/mol. The van der Waals surface area contributed by atoms with Gasteiger partial charge in [-0.25, -0.2) is 8.42 Å². The number of sulfonamides is 1. The third-order valence-corrected chi connectivity index (χ3v) is 6.14. The monoisotopic (exact) mass is 372 g/mol. The molecule has 0 aliphatic carbocycles. The lowest BCUT2D eigenvalue weighted by atomic mass is 10.1. The summed E-state index contributed by atoms with van der Waals surface area (Å²) in [5, 5.41) is 0. The van der Waals surface area contributed by atoms with E-state index in [4.69, 9.17) is 0 Å². The number of nitrogens with one attached hydrogen (secondary N) is 1. The van der Waals surface area contributed by atoms with Crippen LogP contribution in [-0.2, 0) is 10.0 Å². The molecule has 6 heteroatoms. The van der Waals surface area contributed by atoms with E-state index in [1.807, 2.05) is 32.9 Å². The summed E-state index contributed by atoms with van der Waals surface area (Å²) in [7, 11) is -3.77. The average molecular weight is 372 g/mol. The van der Waals surface area contributed by atoms with Crippen LogP contribution in [0.15, 0.2) is 41.3 Å². The number of nitrogens with zero attached hydrogens (tertiary/aromatic N) is 1. The smallest absolute Gasteiger partial charge is 0.261 e. The molecule has 0 spiro atoms. The molecule has 0 aromatic heterocycles. The minimum absolute atomic E-state index is 0.0937. The van der Waals surface area contributed by atoms with Crippen molar-refractivity contribution in [3.05, 3.63) is 58.7 Å². The van der Waals surface area contributed by atoms with Crippen LogP contribution in [0.3, 0.4) is 0 Å². The van der Waals surface area contributed by atoms with Crippen LogP contribution in [0.1, 0.15) is 39.9 Å². The largest absolute Gasteiger partial charge is 0.339 e. The van der Waals surface area contributed by atoms with Crippen molar-refractivity contribution >= 4 is 21.6 Å². The van der Waals surface area contributed by atoms with E-state index in [-0.39, 0.29) is 10.8 Å². The first-order valence-electron chi connectivity index (χ1n) is 8.78. The Morgan fingerprint density at radius 3 is 2.31 bits per heavy atom. The summed E-state index contributed by atoms with van der Waals surface area (Å²) in [6.07, 6.45) is 1.99. The van der Waals surface area contributed by atoms with Crippen molar-refractivity contribution < 1.29 is 13.2 Å². The van der Waals surface area contributed by atoms with Crippen LogP contribution < -0.4 is 4.72 Å². The molecule has 0 unspecified atom stereocenters. The number of aryl methyl sites for hydroxylation is 3. The molecule has 2 aromatic carbocycles. The normalized spacial score (nSPS) is 14.5. The van der Waals surface area contributed by atoms with E-state index < -0.39 is 10.0 Å². The van der Waals surface area contributed by atoms with Crippen LogP contribution in [0, 0.1) is 20.8 Å². The molecule has 0 radical (unpaired) electrons. The van der Waals surface area contributed by atoms with Gasteiger partial charge in [-0.2, -0.15) is 0 Å². The molecule has 0 atom stereocenters. The van der Waals surface area contributed by atoms with Crippen molar-refractivity contribution in [1.29, 1.82) is 0 Å². The molecule has 1 fully saturated rings. The fourth-order valence-electron chi connectivity index (χ4n) is 3.14. The quantitative estimate of drug-likeness (QED) is 0.891. The second-order valence-corrected chi connectivity index (χ2v) is 8.58. The fraction of sp³-hybridized carbons (Fsp3) is 0.350. The van der Waals surface area contributed by atoms with Gasteiger partial charge in [-0.15, -0.1) is 0 Å². The Kier molecular flexibility index (Phi) is 5.05. The first-order chi connectivity index (χ1) is 12.3. The second-order valence-electron chi connectivity index (χ2n) is 6.90. The lowest BCUT2D eigenvalue weighted by molar-refractivity contribution is 0.0792. The number of anilines is 1. The molecular weight excluding hydrogens is 348 g/mol. The molecule has 1 N–H and O–H groups in total. The van der Waals surface area contributed by atoms with E-state index in [1.54, 1.807) is 23.1 Å². The number of likely N-dealkylation sites (tertiary alicyclic amines) is 1. The van der Waals surface area contributed by atoms with Crippen LogP contribution in [0.5, 0.6) is 0 Å². The third-order valence-electron chi connectivity index (χ3n) is 4.78. The third kappa shape index (κ3) is 3.75. The van der Waals surface area contributed by atoms with Gasteiger partial charge < -0.3 is 4.90 Å². The Bertz CT molecular complexity index is 946. The molecule has 5 nitrogen and oxygen atoms in total. The minimum Gasteiger partial charge on any atom is -0.339 e. The first kappa shape index (κ1) is 18.5. The van der Waals surface area contributed by atoms with Gasteiger partial charge in [-0.05, 0) is 68.5 Å². The zero-order chi connectivity index (χ0) is 18.9. The number of benzene rings is 2. The van der Waals surface area contributed by atoms with Crippen molar-refractivity contribution in [2.24, 2.45) is 0 Å². The molecule has 0 saturated carbocycles. The van der Waals surface area contributed by atoms with Crippen molar-refractivity contribution in [2.45, 2.75) is 38.5 Å².